The van der Waals surface area contributed by atoms with E-state index in [1.807, 2.05) is 0 Å². The van der Waals surface area contributed by atoms with Crippen molar-refractivity contribution in [3.63, 3.8) is 0 Å². The van der Waals surface area contributed by atoms with Crippen LogP contribution in [0.2, 0.25) is 0 Å². The van der Waals surface area contributed by atoms with Gasteiger partial charge in [-0.05, 0) is 32.1 Å². The second-order valence-corrected chi connectivity index (χ2v) is 6.62. The lowest BCUT2D eigenvalue weighted by atomic mass is 9.94. The number of amides is 1. The Morgan fingerprint density at radius 2 is 2.11 bits per heavy atom. The Balaban J connectivity index is 1.60. The van der Waals surface area contributed by atoms with E-state index < -0.39 is 0 Å². The zero-order valence-corrected chi connectivity index (χ0v) is 11.3. The quantitative estimate of drug-likeness (QED) is 0.880. The van der Waals surface area contributed by atoms with Crippen LogP contribution < -0.4 is 11.1 Å². The van der Waals surface area contributed by atoms with Gasteiger partial charge in [-0.2, -0.15) is 0 Å². The summed E-state index contributed by atoms with van der Waals surface area (Å²) < 4.78 is 0. The van der Waals surface area contributed by atoms with Crippen molar-refractivity contribution < 1.29 is 4.79 Å². The first-order valence-electron chi connectivity index (χ1n) is 6.72. The average Bonchev–Trinajstić information content (AvgIpc) is 2.93. The Morgan fingerprint density at radius 3 is 2.83 bits per heavy atom. The molecule has 0 bridgehead atoms. The fourth-order valence-corrected chi connectivity index (χ4v) is 4.05. The third-order valence-corrected chi connectivity index (χ3v) is 5.03. The minimum atomic E-state index is -0.274. The molecule has 1 heterocycles. The van der Waals surface area contributed by atoms with Crippen LogP contribution in [0, 0.1) is 0 Å². The maximum Gasteiger partial charge on any atom is 0.228 e. The largest absolute Gasteiger partial charge is 0.325 e. The van der Waals surface area contributed by atoms with E-state index in [2.05, 4.69) is 10.3 Å². The topological polar surface area (TPSA) is 68.0 Å². The van der Waals surface area contributed by atoms with Crippen LogP contribution in [0.15, 0.2) is 0 Å². The lowest BCUT2D eigenvalue weighted by Crippen LogP contribution is -2.40. The van der Waals surface area contributed by atoms with E-state index in [4.69, 9.17) is 5.73 Å². The molecule has 0 spiro atoms. The summed E-state index contributed by atoms with van der Waals surface area (Å²) in [4.78, 5) is 17.8. The SMILES string of the molecule is NC1(CC(=O)Nc2nc3c(s2)CCC3)CCCC1. The molecule has 4 nitrogen and oxygen atoms in total. The molecular weight excluding hydrogens is 246 g/mol. The number of rotatable bonds is 3. The number of aryl methyl sites for hydroxylation is 2. The zero-order valence-electron chi connectivity index (χ0n) is 10.5. The molecule has 2 aliphatic carbocycles. The zero-order chi connectivity index (χ0) is 12.6. The van der Waals surface area contributed by atoms with Crippen LogP contribution in [0.25, 0.3) is 0 Å². The third-order valence-electron chi connectivity index (χ3n) is 3.95. The molecule has 3 rings (SSSR count). The van der Waals surface area contributed by atoms with Crippen LogP contribution in [-0.4, -0.2) is 16.4 Å². The first-order chi connectivity index (χ1) is 8.65. The van der Waals surface area contributed by atoms with Gasteiger partial charge in [0, 0.05) is 16.8 Å². The summed E-state index contributed by atoms with van der Waals surface area (Å²) >= 11 is 1.62. The summed E-state index contributed by atoms with van der Waals surface area (Å²) in [6, 6.07) is 0. The molecule has 0 saturated heterocycles. The molecule has 18 heavy (non-hydrogen) atoms. The van der Waals surface area contributed by atoms with E-state index in [0.717, 1.165) is 43.7 Å². The number of anilines is 1. The molecular formula is C13H19N3OS. The molecule has 1 saturated carbocycles. The van der Waals surface area contributed by atoms with Gasteiger partial charge in [0.1, 0.15) is 0 Å². The molecule has 0 radical (unpaired) electrons. The molecule has 0 aromatic carbocycles. The van der Waals surface area contributed by atoms with Crippen LogP contribution in [0.3, 0.4) is 0 Å². The highest BCUT2D eigenvalue weighted by molar-refractivity contribution is 7.15. The van der Waals surface area contributed by atoms with E-state index in [-0.39, 0.29) is 11.4 Å². The van der Waals surface area contributed by atoms with Gasteiger partial charge in [-0.15, -0.1) is 11.3 Å². The number of nitrogens with two attached hydrogens (primary N) is 1. The highest BCUT2D eigenvalue weighted by atomic mass is 32.1. The molecule has 1 aromatic rings. The van der Waals surface area contributed by atoms with Crippen molar-refractivity contribution in [3.05, 3.63) is 10.6 Å². The Bertz CT molecular complexity index is 441. The van der Waals surface area contributed by atoms with E-state index in [1.54, 1.807) is 11.3 Å². The van der Waals surface area contributed by atoms with Crippen molar-refractivity contribution in [1.29, 1.82) is 0 Å². The fourth-order valence-electron chi connectivity index (χ4n) is 2.98. The maximum absolute atomic E-state index is 12.0. The normalized spacial score (nSPS) is 20.9. The number of nitrogens with zero attached hydrogens (tertiary/aromatic N) is 1. The van der Waals surface area contributed by atoms with Crippen molar-refractivity contribution >= 4 is 22.4 Å². The highest BCUT2D eigenvalue weighted by Gasteiger charge is 2.32. The molecule has 2 aliphatic rings. The molecule has 0 atom stereocenters. The summed E-state index contributed by atoms with van der Waals surface area (Å²) in [6.45, 7) is 0. The minimum absolute atomic E-state index is 0.0202. The predicted octanol–water partition coefficient (Wildman–Crippen LogP) is 2.23. The first kappa shape index (κ1) is 12.1. The Labute approximate surface area is 111 Å². The molecule has 98 valence electrons. The number of fused-ring (bicyclic) bond motifs is 1. The van der Waals surface area contributed by atoms with Crippen molar-refractivity contribution in [2.24, 2.45) is 5.73 Å². The smallest absolute Gasteiger partial charge is 0.228 e. The van der Waals surface area contributed by atoms with Crippen LogP contribution >= 0.6 is 11.3 Å². The molecule has 0 unspecified atom stereocenters. The number of aromatic nitrogens is 1. The van der Waals surface area contributed by atoms with Gasteiger partial charge in [-0.25, -0.2) is 4.98 Å². The number of carbonyl (C=O) groups excluding carboxylic acids is 1. The van der Waals surface area contributed by atoms with Crippen LogP contribution in [-0.2, 0) is 17.6 Å². The monoisotopic (exact) mass is 265 g/mol. The molecule has 5 heteroatoms. The average molecular weight is 265 g/mol. The molecule has 3 N–H and O–H groups in total. The molecule has 0 aliphatic heterocycles. The van der Waals surface area contributed by atoms with E-state index in [0.29, 0.717) is 6.42 Å². The van der Waals surface area contributed by atoms with E-state index in [1.165, 1.54) is 17.0 Å². The second kappa shape index (κ2) is 4.63. The van der Waals surface area contributed by atoms with Crippen molar-refractivity contribution in [2.75, 3.05) is 5.32 Å². The highest BCUT2D eigenvalue weighted by Crippen LogP contribution is 2.32. The number of hydrogen-bond donors (Lipinski definition) is 2. The number of carbonyl (C=O) groups is 1. The Kier molecular flexibility index (Phi) is 3.11. The summed E-state index contributed by atoms with van der Waals surface area (Å²) in [5.74, 6) is 0.0202. The summed E-state index contributed by atoms with van der Waals surface area (Å²) in [6.07, 6.45) is 8.03. The van der Waals surface area contributed by atoms with Gasteiger partial charge in [0.05, 0.1) is 5.69 Å². The van der Waals surface area contributed by atoms with Gasteiger partial charge >= 0.3 is 0 Å². The molecule has 1 amide bonds. The van der Waals surface area contributed by atoms with Crippen molar-refractivity contribution in [3.8, 4) is 0 Å². The maximum atomic E-state index is 12.0. The lowest BCUT2D eigenvalue weighted by Gasteiger charge is -2.22. The standard InChI is InChI=1S/C13H19N3OS/c14-13(6-1-2-7-13)8-11(17)16-12-15-9-4-3-5-10(9)18-12/h1-8,14H2,(H,15,16,17). The van der Waals surface area contributed by atoms with Crippen LogP contribution in [0.1, 0.15) is 49.1 Å². The van der Waals surface area contributed by atoms with E-state index >= 15 is 0 Å². The Morgan fingerprint density at radius 1 is 1.33 bits per heavy atom. The van der Waals surface area contributed by atoms with Gasteiger partial charge < -0.3 is 11.1 Å². The minimum Gasteiger partial charge on any atom is -0.325 e. The number of hydrogen-bond acceptors (Lipinski definition) is 4. The lowest BCUT2D eigenvalue weighted by molar-refractivity contribution is -0.117. The second-order valence-electron chi connectivity index (χ2n) is 5.54. The van der Waals surface area contributed by atoms with Crippen LogP contribution in [0.4, 0.5) is 5.13 Å². The van der Waals surface area contributed by atoms with Gasteiger partial charge in [0.25, 0.3) is 0 Å². The van der Waals surface area contributed by atoms with Crippen molar-refractivity contribution in [1.82, 2.24) is 4.98 Å². The van der Waals surface area contributed by atoms with Gasteiger partial charge in [0.2, 0.25) is 5.91 Å². The fraction of sp³-hybridized carbons (Fsp3) is 0.692. The summed E-state index contributed by atoms with van der Waals surface area (Å²) in [7, 11) is 0. The van der Waals surface area contributed by atoms with E-state index in [9.17, 15) is 4.79 Å². The summed E-state index contributed by atoms with van der Waals surface area (Å²) in [5, 5.41) is 3.67. The molecule has 1 aromatic heterocycles. The Hall–Kier alpha value is -0.940. The van der Waals surface area contributed by atoms with Crippen LogP contribution in [0.5, 0.6) is 0 Å². The summed E-state index contributed by atoms with van der Waals surface area (Å²) in [5.41, 5.74) is 7.11. The van der Waals surface area contributed by atoms with Gasteiger partial charge in [-0.3, -0.25) is 4.79 Å². The van der Waals surface area contributed by atoms with Gasteiger partial charge in [0.15, 0.2) is 5.13 Å². The van der Waals surface area contributed by atoms with Crippen molar-refractivity contribution in [2.45, 2.75) is 56.9 Å². The predicted molar refractivity (Wildman–Crippen MR) is 72.8 cm³/mol. The van der Waals surface area contributed by atoms with Gasteiger partial charge in [-0.1, -0.05) is 12.8 Å². The number of thiazole rings is 1. The number of nitrogens with one attached hydrogen (secondary N) is 1. The first-order valence-corrected chi connectivity index (χ1v) is 7.54. The third kappa shape index (κ3) is 2.42. The molecule has 1 fully saturated rings.